The van der Waals surface area contributed by atoms with Crippen LogP contribution in [0.5, 0.6) is 0 Å². The summed E-state index contributed by atoms with van der Waals surface area (Å²) >= 11 is 0. The summed E-state index contributed by atoms with van der Waals surface area (Å²) in [4.78, 5) is 30.5. The lowest BCUT2D eigenvalue weighted by atomic mass is 10.0. The highest BCUT2D eigenvalue weighted by Crippen LogP contribution is 2.19. The molecule has 1 fully saturated rings. The van der Waals surface area contributed by atoms with Gasteiger partial charge in [0.25, 0.3) is 0 Å². The van der Waals surface area contributed by atoms with Gasteiger partial charge >= 0.3 is 0 Å². The van der Waals surface area contributed by atoms with Crippen LogP contribution in [0.4, 0.5) is 5.82 Å². The maximum Gasteiger partial charge on any atom is 0.232 e. The third-order valence-electron chi connectivity index (χ3n) is 5.80. The summed E-state index contributed by atoms with van der Waals surface area (Å²) in [6.07, 6.45) is 5.76. The Balaban J connectivity index is 1.37. The molecule has 0 aliphatic carbocycles. The summed E-state index contributed by atoms with van der Waals surface area (Å²) in [5.41, 5.74) is 3.25. The number of carbonyl (C=O) groups excluding carboxylic acids is 2. The van der Waals surface area contributed by atoms with Crippen LogP contribution in [-0.4, -0.2) is 70.1 Å². The van der Waals surface area contributed by atoms with Crippen LogP contribution in [-0.2, 0) is 22.4 Å². The number of amides is 2. The highest BCUT2D eigenvalue weighted by molar-refractivity contribution is 5.76. The maximum atomic E-state index is 12.6. The molecule has 9 heteroatoms. The van der Waals surface area contributed by atoms with E-state index in [4.69, 9.17) is 4.98 Å². The number of likely N-dealkylation sites (tertiary alicyclic amines) is 1. The second kappa shape index (κ2) is 8.87. The molecule has 0 bridgehead atoms. The lowest BCUT2D eigenvalue weighted by molar-refractivity contribution is -0.575. The number of carbonyl (C=O) groups is 2. The number of quaternary nitrogens is 1. The molecule has 29 heavy (non-hydrogen) atoms. The van der Waals surface area contributed by atoms with Crippen molar-refractivity contribution < 1.29 is 14.9 Å². The van der Waals surface area contributed by atoms with E-state index in [1.54, 1.807) is 13.1 Å². The predicted molar refractivity (Wildman–Crippen MR) is 108 cm³/mol. The Bertz CT molecular complexity index is 886. The number of nitrogens with two attached hydrogens (primary N) is 1. The summed E-state index contributed by atoms with van der Waals surface area (Å²) < 4.78 is 1.90. The van der Waals surface area contributed by atoms with E-state index in [-0.39, 0.29) is 17.9 Å². The molecule has 1 saturated heterocycles. The smallest absolute Gasteiger partial charge is 0.232 e. The molecule has 0 unspecified atom stereocenters. The molecule has 2 aromatic rings. The van der Waals surface area contributed by atoms with Crippen LogP contribution < -0.4 is 16.0 Å². The zero-order chi connectivity index (χ0) is 20.2. The first-order chi connectivity index (χ1) is 14.1. The van der Waals surface area contributed by atoms with E-state index in [0.29, 0.717) is 26.1 Å². The van der Waals surface area contributed by atoms with E-state index in [0.717, 1.165) is 55.9 Å². The molecule has 4 rings (SSSR count). The molecule has 2 amide bonds. The lowest BCUT2D eigenvalue weighted by Crippen LogP contribution is -2.80. The van der Waals surface area contributed by atoms with Crippen molar-refractivity contribution in [1.29, 1.82) is 0 Å². The highest BCUT2D eigenvalue weighted by Gasteiger charge is 2.24. The van der Waals surface area contributed by atoms with E-state index in [9.17, 15) is 9.59 Å². The van der Waals surface area contributed by atoms with E-state index >= 15 is 0 Å². The zero-order valence-electron chi connectivity index (χ0n) is 17.0. The van der Waals surface area contributed by atoms with Crippen LogP contribution >= 0.6 is 0 Å². The highest BCUT2D eigenvalue weighted by atomic mass is 16.2. The first kappa shape index (κ1) is 19.8. The van der Waals surface area contributed by atoms with Gasteiger partial charge in [-0.1, -0.05) is 0 Å². The number of rotatable bonds is 5. The quantitative estimate of drug-likeness (QED) is 0.605. The summed E-state index contributed by atoms with van der Waals surface area (Å²) in [5.74, 6) is 1.26. The Morgan fingerprint density at radius 2 is 2.07 bits per heavy atom. The third kappa shape index (κ3) is 4.56. The molecule has 2 aromatic heterocycles. The SMILES string of the molecule is CC(=O)NC1CCN(C(=O)CC[NH2+]c2c3c(nc4ccnn24)CCNCC3)CC1. The lowest BCUT2D eigenvalue weighted by Gasteiger charge is -2.32. The van der Waals surface area contributed by atoms with E-state index in [1.165, 1.54) is 5.56 Å². The van der Waals surface area contributed by atoms with Crippen molar-refractivity contribution in [3.63, 3.8) is 0 Å². The average molecular weight is 401 g/mol. The van der Waals surface area contributed by atoms with Crippen LogP contribution in [0, 0.1) is 0 Å². The van der Waals surface area contributed by atoms with Gasteiger partial charge in [-0.05, 0) is 25.8 Å². The van der Waals surface area contributed by atoms with Gasteiger partial charge in [0.2, 0.25) is 17.6 Å². The monoisotopic (exact) mass is 400 g/mol. The van der Waals surface area contributed by atoms with E-state index in [1.807, 2.05) is 15.5 Å². The van der Waals surface area contributed by atoms with Crippen molar-refractivity contribution in [2.75, 3.05) is 32.7 Å². The summed E-state index contributed by atoms with van der Waals surface area (Å²) in [6, 6.07) is 2.12. The Labute approximate surface area is 170 Å². The Hall–Kier alpha value is -2.52. The van der Waals surface area contributed by atoms with Gasteiger partial charge in [0, 0.05) is 45.1 Å². The van der Waals surface area contributed by atoms with Gasteiger partial charge in [0.05, 0.1) is 30.4 Å². The normalized spacial score (nSPS) is 17.8. The molecule has 2 aliphatic rings. The van der Waals surface area contributed by atoms with Crippen LogP contribution in [0.25, 0.3) is 5.65 Å². The number of nitrogens with zero attached hydrogens (tertiary/aromatic N) is 4. The average Bonchev–Trinajstić information content (AvgIpc) is 3.04. The molecule has 2 aliphatic heterocycles. The van der Waals surface area contributed by atoms with Gasteiger partial charge in [-0.25, -0.2) is 4.98 Å². The zero-order valence-corrected chi connectivity index (χ0v) is 17.0. The minimum atomic E-state index is 0.000922. The van der Waals surface area contributed by atoms with Crippen LogP contribution in [0.1, 0.15) is 37.4 Å². The molecule has 4 N–H and O–H groups in total. The van der Waals surface area contributed by atoms with Crippen LogP contribution in [0.2, 0.25) is 0 Å². The van der Waals surface area contributed by atoms with E-state index < -0.39 is 0 Å². The Morgan fingerprint density at radius 1 is 1.28 bits per heavy atom. The minimum absolute atomic E-state index is 0.000922. The maximum absolute atomic E-state index is 12.6. The van der Waals surface area contributed by atoms with Gasteiger partial charge < -0.3 is 15.5 Å². The van der Waals surface area contributed by atoms with Crippen molar-refractivity contribution in [3.8, 4) is 0 Å². The number of aromatic nitrogens is 3. The van der Waals surface area contributed by atoms with Gasteiger partial charge in [-0.2, -0.15) is 9.61 Å². The fourth-order valence-corrected chi connectivity index (χ4v) is 4.33. The number of fused-ring (bicyclic) bond motifs is 2. The second-order valence-corrected chi connectivity index (χ2v) is 7.87. The van der Waals surface area contributed by atoms with Gasteiger partial charge in [-0.15, -0.1) is 0 Å². The summed E-state index contributed by atoms with van der Waals surface area (Å²) in [7, 11) is 0. The Morgan fingerprint density at radius 3 is 2.86 bits per heavy atom. The molecule has 9 nitrogen and oxygen atoms in total. The molecule has 0 aromatic carbocycles. The first-order valence-electron chi connectivity index (χ1n) is 10.6. The largest absolute Gasteiger partial charge is 0.353 e. The van der Waals surface area contributed by atoms with Gasteiger partial charge in [0.15, 0.2) is 5.65 Å². The fraction of sp³-hybridized carbons (Fsp3) is 0.600. The molecular formula is C20H30N7O2+. The van der Waals surface area contributed by atoms with Crippen molar-refractivity contribution in [2.24, 2.45) is 0 Å². The number of nitrogens with one attached hydrogen (secondary N) is 2. The van der Waals surface area contributed by atoms with Crippen molar-refractivity contribution in [1.82, 2.24) is 30.1 Å². The van der Waals surface area contributed by atoms with Crippen LogP contribution in [0.15, 0.2) is 12.3 Å². The summed E-state index contributed by atoms with van der Waals surface area (Å²) in [5, 5.41) is 13.0. The topological polar surface area (TPSA) is 108 Å². The number of hydrogen-bond acceptors (Lipinski definition) is 5. The molecular weight excluding hydrogens is 370 g/mol. The first-order valence-corrected chi connectivity index (χ1v) is 10.6. The Kier molecular flexibility index (Phi) is 6.05. The second-order valence-electron chi connectivity index (χ2n) is 7.87. The molecule has 0 spiro atoms. The van der Waals surface area contributed by atoms with Crippen LogP contribution in [0.3, 0.4) is 0 Å². The summed E-state index contributed by atoms with van der Waals surface area (Å²) in [6.45, 7) is 5.53. The molecule has 4 heterocycles. The van der Waals surface area contributed by atoms with Crippen molar-refractivity contribution in [3.05, 3.63) is 23.5 Å². The standard InChI is InChI=1S/C20H29N7O2/c1-14(28)24-15-6-12-26(13-7-15)19(29)5-10-22-20-16-2-8-21-9-3-17(16)25-18-4-11-23-27(18)20/h4,11,15,21-22H,2-3,5-10,12-13H2,1H3,(H,24,28)/p+1. The number of hydrogen-bond donors (Lipinski definition) is 3. The minimum Gasteiger partial charge on any atom is -0.353 e. The number of piperidine rings is 1. The van der Waals surface area contributed by atoms with E-state index in [2.05, 4.69) is 21.0 Å². The van der Waals surface area contributed by atoms with Crippen molar-refractivity contribution >= 4 is 23.3 Å². The molecule has 0 radical (unpaired) electrons. The molecule has 156 valence electrons. The van der Waals surface area contributed by atoms with Gasteiger partial charge in [0.1, 0.15) is 0 Å². The molecule has 0 saturated carbocycles. The third-order valence-corrected chi connectivity index (χ3v) is 5.80. The predicted octanol–water partition coefficient (Wildman–Crippen LogP) is -0.870. The molecule has 0 atom stereocenters. The van der Waals surface area contributed by atoms with Gasteiger partial charge in [-0.3, -0.25) is 14.9 Å². The fourth-order valence-electron chi connectivity index (χ4n) is 4.33. The van der Waals surface area contributed by atoms with Crippen molar-refractivity contribution in [2.45, 2.75) is 45.1 Å².